The SMILES string of the molecule is CC(C)CC(NC(=O)c1ccc(Cl)cc1Cl)C(=O)N1CCC(C(=O)N2CCCCCC2)CC1. The van der Waals surface area contributed by atoms with Gasteiger partial charge in [-0.1, -0.05) is 49.9 Å². The van der Waals surface area contributed by atoms with Crippen molar-refractivity contribution in [2.24, 2.45) is 11.8 Å². The van der Waals surface area contributed by atoms with Crippen molar-refractivity contribution < 1.29 is 14.4 Å². The van der Waals surface area contributed by atoms with Gasteiger partial charge in [-0.25, -0.2) is 0 Å². The Morgan fingerprint density at radius 2 is 1.61 bits per heavy atom. The van der Waals surface area contributed by atoms with Crippen molar-refractivity contribution in [3.05, 3.63) is 33.8 Å². The molecule has 0 radical (unpaired) electrons. The van der Waals surface area contributed by atoms with E-state index in [1.807, 2.05) is 18.7 Å². The number of piperidine rings is 1. The van der Waals surface area contributed by atoms with Gasteiger partial charge in [0, 0.05) is 37.1 Å². The minimum atomic E-state index is -0.637. The summed E-state index contributed by atoms with van der Waals surface area (Å²) in [4.78, 5) is 42.9. The van der Waals surface area contributed by atoms with Crippen LogP contribution in [0.25, 0.3) is 0 Å². The van der Waals surface area contributed by atoms with Gasteiger partial charge in [0.2, 0.25) is 11.8 Å². The maximum atomic E-state index is 13.3. The highest BCUT2D eigenvalue weighted by Gasteiger charge is 2.33. The zero-order valence-electron chi connectivity index (χ0n) is 19.6. The molecule has 8 heteroatoms. The van der Waals surface area contributed by atoms with E-state index in [1.54, 1.807) is 17.0 Å². The summed E-state index contributed by atoms with van der Waals surface area (Å²) in [7, 11) is 0. The molecule has 1 atom stereocenters. The maximum Gasteiger partial charge on any atom is 0.253 e. The molecule has 3 rings (SSSR count). The third-order valence-electron chi connectivity index (χ3n) is 6.56. The summed E-state index contributed by atoms with van der Waals surface area (Å²) < 4.78 is 0. The average molecular weight is 496 g/mol. The van der Waals surface area contributed by atoms with Crippen LogP contribution in [0.5, 0.6) is 0 Å². The number of amides is 3. The summed E-state index contributed by atoms with van der Waals surface area (Å²) in [6.45, 7) is 6.83. The Morgan fingerprint density at radius 1 is 0.970 bits per heavy atom. The molecule has 2 heterocycles. The zero-order chi connectivity index (χ0) is 24.0. The van der Waals surface area contributed by atoms with Crippen LogP contribution in [-0.2, 0) is 9.59 Å². The van der Waals surface area contributed by atoms with Gasteiger partial charge in [0.1, 0.15) is 6.04 Å². The zero-order valence-corrected chi connectivity index (χ0v) is 21.1. The molecule has 0 aliphatic carbocycles. The third kappa shape index (κ3) is 7.10. The fourth-order valence-electron chi connectivity index (χ4n) is 4.72. The van der Waals surface area contributed by atoms with Crippen molar-refractivity contribution in [2.75, 3.05) is 26.2 Å². The predicted octanol–water partition coefficient (Wildman–Crippen LogP) is 4.78. The monoisotopic (exact) mass is 495 g/mol. The van der Waals surface area contributed by atoms with Gasteiger partial charge in [-0.05, 0) is 56.2 Å². The van der Waals surface area contributed by atoms with E-state index in [2.05, 4.69) is 5.32 Å². The van der Waals surface area contributed by atoms with E-state index in [0.29, 0.717) is 42.9 Å². The molecule has 0 aromatic heterocycles. The number of nitrogens with zero attached hydrogens (tertiary/aromatic N) is 2. The number of carbonyl (C=O) groups is 3. The summed E-state index contributed by atoms with van der Waals surface area (Å²) >= 11 is 12.1. The molecule has 0 spiro atoms. The van der Waals surface area contributed by atoms with E-state index in [-0.39, 0.29) is 34.6 Å². The highest BCUT2D eigenvalue weighted by atomic mass is 35.5. The molecular formula is C25H35Cl2N3O3. The van der Waals surface area contributed by atoms with E-state index in [0.717, 1.165) is 25.9 Å². The number of rotatable bonds is 6. The summed E-state index contributed by atoms with van der Waals surface area (Å²) in [5, 5.41) is 3.58. The molecule has 0 bridgehead atoms. The van der Waals surface area contributed by atoms with E-state index >= 15 is 0 Å². The number of halogens is 2. The lowest BCUT2D eigenvalue weighted by molar-refractivity contribution is -0.141. The predicted molar refractivity (Wildman–Crippen MR) is 132 cm³/mol. The number of likely N-dealkylation sites (tertiary alicyclic amines) is 2. The molecular weight excluding hydrogens is 461 g/mol. The van der Waals surface area contributed by atoms with Crippen molar-refractivity contribution in [1.29, 1.82) is 0 Å². The Labute approximate surface area is 207 Å². The number of carbonyl (C=O) groups excluding carboxylic acids is 3. The first kappa shape index (κ1) is 25.8. The van der Waals surface area contributed by atoms with Crippen LogP contribution in [0, 0.1) is 11.8 Å². The number of hydrogen-bond acceptors (Lipinski definition) is 3. The molecule has 1 aromatic rings. The quantitative estimate of drug-likeness (QED) is 0.617. The van der Waals surface area contributed by atoms with Crippen molar-refractivity contribution >= 4 is 40.9 Å². The first-order valence-corrected chi connectivity index (χ1v) is 12.9. The highest BCUT2D eigenvalue weighted by molar-refractivity contribution is 6.36. The van der Waals surface area contributed by atoms with E-state index in [4.69, 9.17) is 23.2 Å². The largest absolute Gasteiger partial charge is 0.342 e. The lowest BCUT2D eigenvalue weighted by atomic mass is 9.93. The summed E-state index contributed by atoms with van der Waals surface area (Å²) in [5.74, 6) is -0.0293. The lowest BCUT2D eigenvalue weighted by Crippen LogP contribution is -2.52. The molecule has 182 valence electrons. The van der Waals surface area contributed by atoms with Crippen molar-refractivity contribution in [1.82, 2.24) is 15.1 Å². The van der Waals surface area contributed by atoms with Gasteiger partial charge in [0.15, 0.2) is 0 Å². The van der Waals surface area contributed by atoms with Crippen LogP contribution in [0.1, 0.15) is 69.2 Å². The topological polar surface area (TPSA) is 69.7 Å². The first-order chi connectivity index (χ1) is 15.8. The van der Waals surface area contributed by atoms with Gasteiger partial charge in [-0.2, -0.15) is 0 Å². The molecule has 2 fully saturated rings. The van der Waals surface area contributed by atoms with Gasteiger partial charge in [-0.15, -0.1) is 0 Å². The second-order valence-corrected chi connectivity index (χ2v) is 10.5. The minimum Gasteiger partial charge on any atom is -0.342 e. The Balaban J connectivity index is 1.60. The van der Waals surface area contributed by atoms with Crippen LogP contribution in [0.15, 0.2) is 18.2 Å². The lowest BCUT2D eigenvalue weighted by Gasteiger charge is -2.36. The maximum absolute atomic E-state index is 13.3. The molecule has 33 heavy (non-hydrogen) atoms. The number of benzene rings is 1. The molecule has 6 nitrogen and oxygen atoms in total. The Morgan fingerprint density at radius 3 is 2.18 bits per heavy atom. The smallest absolute Gasteiger partial charge is 0.253 e. The highest BCUT2D eigenvalue weighted by Crippen LogP contribution is 2.24. The molecule has 1 unspecified atom stereocenters. The van der Waals surface area contributed by atoms with E-state index in [1.165, 1.54) is 18.9 Å². The van der Waals surface area contributed by atoms with Gasteiger partial charge in [0.25, 0.3) is 5.91 Å². The van der Waals surface area contributed by atoms with Gasteiger partial charge >= 0.3 is 0 Å². The van der Waals surface area contributed by atoms with Crippen molar-refractivity contribution in [3.8, 4) is 0 Å². The second kappa shape index (κ2) is 12.1. The van der Waals surface area contributed by atoms with Crippen LogP contribution in [0.2, 0.25) is 10.0 Å². The van der Waals surface area contributed by atoms with Crippen molar-refractivity contribution in [3.63, 3.8) is 0 Å². The van der Waals surface area contributed by atoms with Gasteiger partial charge in [0.05, 0.1) is 10.6 Å². The second-order valence-electron chi connectivity index (χ2n) is 9.62. The number of nitrogens with one attached hydrogen (secondary N) is 1. The van der Waals surface area contributed by atoms with Gasteiger partial charge in [-0.3, -0.25) is 14.4 Å². The molecule has 2 aliphatic heterocycles. The van der Waals surface area contributed by atoms with Crippen LogP contribution in [0.4, 0.5) is 0 Å². The number of hydrogen-bond donors (Lipinski definition) is 1. The minimum absolute atomic E-state index is 0.0156. The van der Waals surface area contributed by atoms with Crippen molar-refractivity contribution in [2.45, 2.75) is 64.8 Å². The Kier molecular flexibility index (Phi) is 9.45. The Hall–Kier alpha value is -1.79. The van der Waals surface area contributed by atoms with Gasteiger partial charge < -0.3 is 15.1 Å². The molecule has 1 aromatic carbocycles. The van der Waals surface area contributed by atoms with E-state index < -0.39 is 6.04 Å². The molecule has 2 saturated heterocycles. The normalized spacial score (nSPS) is 18.7. The Bertz CT molecular complexity index is 845. The molecule has 1 N–H and O–H groups in total. The average Bonchev–Trinajstić information content (AvgIpc) is 3.07. The fraction of sp³-hybridized carbons (Fsp3) is 0.640. The third-order valence-corrected chi connectivity index (χ3v) is 7.11. The summed E-state index contributed by atoms with van der Waals surface area (Å²) in [5.41, 5.74) is 0.296. The molecule has 0 saturated carbocycles. The molecule has 2 aliphatic rings. The standard InChI is InChI=1S/C25H35Cl2N3O3/c1-17(2)15-22(28-23(31)20-8-7-19(26)16-21(20)27)25(33)30-13-9-18(10-14-30)24(32)29-11-5-3-4-6-12-29/h7-8,16-18,22H,3-6,9-15H2,1-2H3,(H,28,31). The van der Waals surface area contributed by atoms with Crippen LogP contribution in [0.3, 0.4) is 0 Å². The summed E-state index contributed by atoms with van der Waals surface area (Å²) in [6, 6.07) is 4.05. The van der Waals surface area contributed by atoms with E-state index in [9.17, 15) is 14.4 Å². The fourth-order valence-corrected chi connectivity index (χ4v) is 5.21. The first-order valence-electron chi connectivity index (χ1n) is 12.1. The summed E-state index contributed by atoms with van der Waals surface area (Å²) in [6.07, 6.45) is 6.43. The molecule has 3 amide bonds. The van der Waals surface area contributed by atoms with Crippen LogP contribution in [-0.4, -0.2) is 59.7 Å². The van der Waals surface area contributed by atoms with Crippen LogP contribution < -0.4 is 5.32 Å². The van der Waals surface area contributed by atoms with Crippen LogP contribution >= 0.6 is 23.2 Å².